The Hall–Kier alpha value is -1.10. The van der Waals surface area contributed by atoms with Crippen molar-refractivity contribution in [1.29, 1.82) is 0 Å². The molecule has 4 heteroatoms. The van der Waals surface area contributed by atoms with E-state index in [4.69, 9.17) is 9.94 Å². The lowest BCUT2D eigenvalue weighted by atomic mass is 10.3. The SMILES string of the molecule is COc1ccccc1[NH+]([O-])O. The molecule has 0 saturated heterocycles. The zero-order valence-corrected chi connectivity index (χ0v) is 6.07. The molecule has 0 aliphatic rings. The van der Waals surface area contributed by atoms with Crippen molar-refractivity contribution in [3.05, 3.63) is 29.5 Å². The molecule has 11 heavy (non-hydrogen) atoms. The number of rotatable bonds is 2. The Morgan fingerprint density at radius 2 is 2.09 bits per heavy atom. The lowest BCUT2D eigenvalue weighted by Crippen LogP contribution is -2.99. The third-order valence-corrected chi connectivity index (χ3v) is 1.34. The molecule has 1 atom stereocenters. The van der Waals surface area contributed by atoms with Crippen molar-refractivity contribution >= 4 is 5.69 Å². The summed E-state index contributed by atoms with van der Waals surface area (Å²) in [5.41, 5.74) is 0.190. The zero-order valence-electron chi connectivity index (χ0n) is 6.07. The molecule has 0 saturated carbocycles. The topological polar surface area (TPSA) is 57.0 Å². The smallest absolute Gasteiger partial charge is 0.206 e. The molecule has 0 bridgehead atoms. The molecule has 0 heterocycles. The van der Waals surface area contributed by atoms with E-state index in [1.165, 1.54) is 13.2 Å². The van der Waals surface area contributed by atoms with Crippen LogP contribution in [0.3, 0.4) is 0 Å². The molecular weight excluding hydrogens is 146 g/mol. The third-order valence-electron chi connectivity index (χ3n) is 1.34. The first-order chi connectivity index (χ1) is 5.25. The number of benzene rings is 1. The van der Waals surface area contributed by atoms with Crippen molar-refractivity contribution in [3.63, 3.8) is 0 Å². The highest BCUT2D eigenvalue weighted by Crippen LogP contribution is 2.17. The van der Waals surface area contributed by atoms with Gasteiger partial charge in [0, 0.05) is 6.07 Å². The summed E-state index contributed by atoms with van der Waals surface area (Å²) in [6, 6.07) is 6.50. The van der Waals surface area contributed by atoms with Crippen LogP contribution in [-0.2, 0) is 0 Å². The molecule has 0 spiro atoms. The van der Waals surface area contributed by atoms with E-state index in [0.29, 0.717) is 5.75 Å². The summed E-state index contributed by atoms with van der Waals surface area (Å²) in [6.07, 6.45) is 0. The fourth-order valence-electron chi connectivity index (χ4n) is 0.821. The zero-order chi connectivity index (χ0) is 8.27. The van der Waals surface area contributed by atoms with Crippen LogP contribution in [0.1, 0.15) is 0 Å². The van der Waals surface area contributed by atoms with Gasteiger partial charge in [-0.3, -0.25) is 0 Å². The molecule has 0 amide bonds. The average Bonchev–Trinajstić information content (AvgIpc) is 2.04. The van der Waals surface area contributed by atoms with E-state index < -0.39 is 5.23 Å². The first kappa shape index (κ1) is 8.00. The van der Waals surface area contributed by atoms with Gasteiger partial charge < -0.3 is 9.94 Å². The minimum absolute atomic E-state index is 0.190. The van der Waals surface area contributed by atoms with Crippen LogP contribution in [0.4, 0.5) is 5.69 Å². The van der Waals surface area contributed by atoms with Crippen molar-refractivity contribution in [2.45, 2.75) is 0 Å². The molecule has 0 aromatic heterocycles. The number of para-hydroxylation sites is 2. The fraction of sp³-hybridized carbons (Fsp3) is 0.143. The predicted octanol–water partition coefficient (Wildman–Crippen LogP) is 0.0986. The van der Waals surface area contributed by atoms with E-state index >= 15 is 0 Å². The molecule has 1 rings (SSSR count). The normalized spacial score (nSPS) is 12.6. The fourth-order valence-corrected chi connectivity index (χ4v) is 0.821. The Bertz CT molecular complexity index is 237. The van der Waals surface area contributed by atoms with E-state index in [2.05, 4.69) is 0 Å². The Labute approximate surface area is 64.2 Å². The molecular formula is C7H9NO3. The summed E-state index contributed by atoms with van der Waals surface area (Å²) in [5, 5.41) is 18.1. The minimum atomic E-state index is -0.970. The first-order valence-corrected chi connectivity index (χ1v) is 3.12. The van der Waals surface area contributed by atoms with Crippen molar-refractivity contribution in [2.24, 2.45) is 0 Å². The van der Waals surface area contributed by atoms with Gasteiger partial charge in [0.15, 0.2) is 5.75 Å². The van der Waals surface area contributed by atoms with Gasteiger partial charge in [0.25, 0.3) is 0 Å². The van der Waals surface area contributed by atoms with Gasteiger partial charge in [0.2, 0.25) is 5.69 Å². The number of hydrogen-bond donors (Lipinski definition) is 2. The Kier molecular flexibility index (Phi) is 2.43. The van der Waals surface area contributed by atoms with E-state index in [9.17, 15) is 5.21 Å². The molecule has 0 aliphatic carbocycles. The highest BCUT2D eigenvalue weighted by Gasteiger charge is 2.06. The summed E-state index contributed by atoms with van der Waals surface area (Å²) in [4.78, 5) is 0. The number of hydrogen-bond acceptors (Lipinski definition) is 3. The highest BCUT2D eigenvalue weighted by atomic mass is 16.8. The maximum Gasteiger partial charge on any atom is 0.206 e. The van der Waals surface area contributed by atoms with Crippen LogP contribution < -0.4 is 9.96 Å². The van der Waals surface area contributed by atoms with Gasteiger partial charge in [-0.15, -0.1) is 0 Å². The second-order valence-electron chi connectivity index (χ2n) is 2.01. The summed E-state index contributed by atoms with van der Waals surface area (Å²) in [5.74, 6) is 0.389. The number of methoxy groups -OCH3 is 1. The number of quaternary nitrogens is 1. The van der Waals surface area contributed by atoms with Crippen molar-refractivity contribution in [2.75, 3.05) is 7.11 Å². The van der Waals surface area contributed by atoms with Crippen molar-refractivity contribution in [1.82, 2.24) is 0 Å². The van der Waals surface area contributed by atoms with Gasteiger partial charge in [-0.1, -0.05) is 12.1 Å². The van der Waals surface area contributed by atoms with Gasteiger partial charge in [-0.2, -0.15) is 5.23 Å². The molecule has 60 valence electrons. The molecule has 0 fully saturated rings. The van der Waals surface area contributed by atoms with Crippen LogP contribution in [0, 0.1) is 5.21 Å². The van der Waals surface area contributed by atoms with Crippen LogP contribution in [0.15, 0.2) is 24.3 Å². The molecule has 1 aromatic rings. The van der Waals surface area contributed by atoms with Gasteiger partial charge >= 0.3 is 0 Å². The van der Waals surface area contributed by atoms with Gasteiger partial charge in [-0.25, -0.2) is 5.21 Å². The molecule has 0 radical (unpaired) electrons. The maximum absolute atomic E-state index is 10.5. The molecule has 4 nitrogen and oxygen atoms in total. The number of ether oxygens (including phenoxy) is 1. The van der Waals surface area contributed by atoms with Crippen molar-refractivity contribution in [3.8, 4) is 5.75 Å². The van der Waals surface area contributed by atoms with Gasteiger partial charge in [0.1, 0.15) is 0 Å². The largest absolute Gasteiger partial charge is 0.595 e. The Morgan fingerprint density at radius 3 is 2.55 bits per heavy atom. The summed E-state index contributed by atoms with van der Waals surface area (Å²) in [7, 11) is 1.45. The monoisotopic (exact) mass is 155 g/mol. The molecule has 1 aromatic carbocycles. The predicted molar refractivity (Wildman–Crippen MR) is 38.8 cm³/mol. The second kappa shape index (κ2) is 3.34. The average molecular weight is 155 g/mol. The van der Waals surface area contributed by atoms with E-state index in [0.717, 1.165) is 0 Å². The van der Waals surface area contributed by atoms with Crippen LogP contribution in [0.5, 0.6) is 5.75 Å². The van der Waals surface area contributed by atoms with Crippen LogP contribution >= 0.6 is 0 Å². The Morgan fingerprint density at radius 1 is 1.45 bits per heavy atom. The van der Waals surface area contributed by atoms with E-state index in [1.54, 1.807) is 18.2 Å². The second-order valence-corrected chi connectivity index (χ2v) is 2.01. The number of nitrogens with one attached hydrogen (secondary N) is 1. The summed E-state index contributed by atoms with van der Waals surface area (Å²) < 4.78 is 4.83. The minimum Gasteiger partial charge on any atom is -0.595 e. The third kappa shape index (κ3) is 1.68. The van der Waals surface area contributed by atoms with Crippen LogP contribution in [0.2, 0.25) is 0 Å². The van der Waals surface area contributed by atoms with Gasteiger partial charge in [0.05, 0.1) is 7.11 Å². The van der Waals surface area contributed by atoms with E-state index in [1.807, 2.05) is 0 Å². The quantitative estimate of drug-likeness (QED) is 0.595. The summed E-state index contributed by atoms with van der Waals surface area (Å²) >= 11 is 0. The lowest BCUT2D eigenvalue weighted by molar-refractivity contribution is -0.991. The summed E-state index contributed by atoms with van der Waals surface area (Å²) in [6.45, 7) is 0. The lowest BCUT2D eigenvalue weighted by Gasteiger charge is -2.13. The highest BCUT2D eigenvalue weighted by molar-refractivity contribution is 5.44. The van der Waals surface area contributed by atoms with Crippen molar-refractivity contribution < 1.29 is 15.2 Å². The van der Waals surface area contributed by atoms with Gasteiger partial charge in [-0.05, 0) is 6.07 Å². The van der Waals surface area contributed by atoms with E-state index in [-0.39, 0.29) is 5.69 Å². The molecule has 1 unspecified atom stereocenters. The first-order valence-electron chi connectivity index (χ1n) is 3.12. The Balaban J connectivity index is 3.02. The van der Waals surface area contributed by atoms with Crippen LogP contribution in [0.25, 0.3) is 0 Å². The van der Waals surface area contributed by atoms with Crippen LogP contribution in [-0.4, -0.2) is 12.3 Å². The molecule has 0 aliphatic heterocycles. The molecule has 2 N–H and O–H groups in total. The maximum atomic E-state index is 10.5. The standard InChI is InChI=1S/C7H9NO3/c1-11-7-5-3-2-4-6(7)8(9)10/h2-5,8-9H,1H3.